The Morgan fingerprint density at radius 2 is 1.82 bits per heavy atom. The van der Waals surface area contributed by atoms with E-state index in [1.165, 1.54) is 0 Å². The SMILES string of the molecule is CCCNC(C)COc1c(Cl)cc(Cl)cc1Cl. The molecule has 0 bridgehead atoms. The molecule has 1 N–H and O–H groups in total. The summed E-state index contributed by atoms with van der Waals surface area (Å²) in [6.07, 6.45) is 1.09. The van der Waals surface area contributed by atoms with Crippen molar-refractivity contribution in [3.63, 3.8) is 0 Å². The molecule has 0 heterocycles. The molecule has 0 aliphatic rings. The first-order chi connectivity index (χ1) is 8.04. The molecule has 0 radical (unpaired) electrons. The van der Waals surface area contributed by atoms with Crippen LogP contribution in [0.25, 0.3) is 0 Å². The zero-order chi connectivity index (χ0) is 12.8. The molecule has 0 aromatic heterocycles. The third-order valence-corrected chi connectivity index (χ3v) is 2.96. The van der Waals surface area contributed by atoms with Gasteiger partial charge in [-0.3, -0.25) is 0 Å². The molecular weight excluding hydrogens is 280 g/mol. The number of rotatable bonds is 6. The van der Waals surface area contributed by atoms with Crippen LogP contribution in [-0.2, 0) is 0 Å². The van der Waals surface area contributed by atoms with Crippen molar-refractivity contribution in [2.24, 2.45) is 0 Å². The van der Waals surface area contributed by atoms with E-state index in [1.807, 2.05) is 6.92 Å². The Balaban J connectivity index is 2.57. The molecule has 0 fully saturated rings. The Labute approximate surface area is 117 Å². The quantitative estimate of drug-likeness (QED) is 0.839. The summed E-state index contributed by atoms with van der Waals surface area (Å²) in [6, 6.07) is 3.49. The van der Waals surface area contributed by atoms with Gasteiger partial charge in [0.25, 0.3) is 0 Å². The highest BCUT2D eigenvalue weighted by atomic mass is 35.5. The first-order valence-electron chi connectivity index (χ1n) is 5.55. The fourth-order valence-electron chi connectivity index (χ4n) is 1.32. The second-order valence-corrected chi connectivity index (χ2v) is 5.12. The van der Waals surface area contributed by atoms with Gasteiger partial charge in [0.05, 0.1) is 10.0 Å². The summed E-state index contributed by atoms with van der Waals surface area (Å²) >= 11 is 17.8. The molecule has 1 aromatic rings. The molecule has 0 saturated heterocycles. The minimum atomic E-state index is 0.248. The second kappa shape index (κ2) is 7.32. The largest absolute Gasteiger partial charge is 0.489 e. The van der Waals surface area contributed by atoms with Gasteiger partial charge in [-0.2, -0.15) is 0 Å². The minimum absolute atomic E-state index is 0.248. The van der Waals surface area contributed by atoms with Gasteiger partial charge in [0.1, 0.15) is 6.61 Å². The maximum absolute atomic E-state index is 6.01. The van der Waals surface area contributed by atoms with E-state index in [4.69, 9.17) is 39.5 Å². The minimum Gasteiger partial charge on any atom is -0.489 e. The highest BCUT2D eigenvalue weighted by molar-refractivity contribution is 6.40. The third-order valence-electron chi connectivity index (χ3n) is 2.18. The predicted octanol–water partition coefficient (Wildman–Crippen LogP) is 4.41. The van der Waals surface area contributed by atoms with Crippen LogP contribution in [0.1, 0.15) is 20.3 Å². The summed E-state index contributed by atoms with van der Waals surface area (Å²) in [7, 11) is 0. The number of benzene rings is 1. The highest BCUT2D eigenvalue weighted by Crippen LogP contribution is 2.35. The fourth-order valence-corrected chi connectivity index (χ4v) is 2.25. The van der Waals surface area contributed by atoms with Crippen molar-refractivity contribution in [1.82, 2.24) is 5.32 Å². The number of nitrogens with one attached hydrogen (secondary N) is 1. The van der Waals surface area contributed by atoms with Gasteiger partial charge in [-0.25, -0.2) is 0 Å². The zero-order valence-electron chi connectivity index (χ0n) is 9.90. The smallest absolute Gasteiger partial charge is 0.156 e. The molecule has 0 saturated carbocycles. The zero-order valence-corrected chi connectivity index (χ0v) is 12.2. The molecule has 1 unspecified atom stereocenters. The van der Waals surface area contributed by atoms with E-state index < -0.39 is 0 Å². The van der Waals surface area contributed by atoms with Crippen LogP contribution in [0.4, 0.5) is 0 Å². The number of halogens is 3. The van der Waals surface area contributed by atoms with E-state index in [0.717, 1.165) is 13.0 Å². The van der Waals surface area contributed by atoms with E-state index in [9.17, 15) is 0 Å². The van der Waals surface area contributed by atoms with Gasteiger partial charge >= 0.3 is 0 Å². The average Bonchev–Trinajstić information content (AvgIpc) is 2.24. The molecular formula is C12H16Cl3NO. The van der Waals surface area contributed by atoms with E-state index in [1.54, 1.807) is 12.1 Å². The number of ether oxygens (including phenoxy) is 1. The predicted molar refractivity (Wildman–Crippen MR) is 74.7 cm³/mol. The number of hydrogen-bond donors (Lipinski definition) is 1. The van der Waals surface area contributed by atoms with Crippen molar-refractivity contribution in [2.75, 3.05) is 13.2 Å². The topological polar surface area (TPSA) is 21.3 Å². The van der Waals surface area contributed by atoms with Crippen LogP contribution >= 0.6 is 34.8 Å². The summed E-state index contributed by atoms with van der Waals surface area (Å²) in [5.74, 6) is 0.489. The number of hydrogen-bond acceptors (Lipinski definition) is 2. The van der Waals surface area contributed by atoms with Crippen LogP contribution in [0.15, 0.2) is 12.1 Å². The normalized spacial score (nSPS) is 12.5. The third kappa shape index (κ3) is 4.92. The van der Waals surface area contributed by atoms with E-state index in [-0.39, 0.29) is 6.04 Å². The van der Waals surface area contributed by atoms with Gasteiger partial charge < -0.3 is 10.1 Å². The summed E-state index contributed by atoms with van der Waals surface area (Å²) in [5, 5.41) is 4.69. The van der Waals surface area contributed by atoms with Crippen LogP contribution in [0.2, 0.25) is 15.1 Å². The van der Waals surface area contributed by atoms with Crippen LogP contribution in [0.5, 0.6) is 5.75 Å². The standard InChI is InChI=1S/C12H16Cl3NO/c1-3-4-16-8(2)7-17-12-10(14)5-9(13)6-11(12)15/h5-6,8,16H,3-4,7H2,1-2H3. The van der Waals surface area contributed by atoms with Crippen LogP contribution in [0.3, 0.4) is 0 Å². The lowest BCUT2D eigenvalue weighted by Gasteiger charge is -2.16. The monoisotopic (exact) mass is 295 g/mol. The summed E-state index contributed by atoms with van der Waals surface area (Å²) in [5.41, 5.74) is 0. The molecule has 1 aromatic carbocycles. The van der Waals surface area contributed by atoms with Crippen molar-refractivity contribution in [1.29, 1.82) is 0 Å². The molecule has 1 rings (SSSR count). The van der Waals surface area contributed by atoms with E-state index in [2.05, 4.69) is 12.2 Å². The molecule has 0 amide bonds. The van der Waals surface area contributed by atoms with Gasteiger partial charge in [0, 0.05) is 11.1 Å². The van der Waals surface area contributed by atoms with E-state index >= 15 is 0 Å². The summed E-state index contributed by atoms with van der Waals surface area (Å²) in [6.45, 7) is 5.65. The fraction of sp³-hybridized carbons (Fsp3) is 0.500. The lowest BCUT2D eigenvalue weighted by Crippen LogP contribution is -2.32. The molecule has 17 heavy (non-hydrogen) atoms. The molecule has 0 spiro atoms. The lowest BCUT2D eigenvalue weighted by molar-refractivity contribution is 0.274. The van der Waals surface area contributed by atoms with Crippen molar-refractivity contribution in [3.05, 3.63) is 27.2 Å². The first kappa shape index (κ1) is 14.9. The van der Waals surface area contributed by atoms with Gasteiger partial charge in [-0.05, 0) is 32.0 Å². The second-order valence-electron chi connectivity index (χ2n) is 3.86. The molecule has 5 heteroatoms. The van der Waals surface area contributed by atoms with Crippen molar-refractivity contribution < 1.29 is 4.74 Å². The molecule has 2 nitrogen and oxygen atoms in total. The molecule has 0 aliphatic carbocycles. The van der Waals surface area contributed by atoms with Crippen molar-refractivity contribution in [2.45, 2.75) is 26.3 Å². The van der Waals surface area contributed by atoms with Gasteiger partial charge in [0.15, 0.2) is 5.75 Å². The lowest BCUT2D eigenvalue weighted by atomic mass is 10.3. The van der Waals surface area contributed by atoms with Gasteiger partial charge in [-0.15, -0.1) is 0 Å². The molecule has 1 atom stereocenters. The Morgan fingerprint density at radius 1 is 1.24 bits per heavy atom. The van der Waals surface area contributed by atoms with Crippen LogP contribution in [-0.4, -0.2) is 19.2 Å². The van der Waals surface area contributed by atoms with Crippen molar-refractivity contribution >= 4 is 34.8 Å². The maximum atomic E-state index is 6.01. The average molecular weight is 297 g/mol. The molecule has 96 valence electrons. The first-order valence-corrected chi connectivity index (χ1v) is 6.68. The highest BCUT2D eigenvalue weighted by Gasteiger charge is 2.10. The Bertz CT molecular complexity index is 348. The Kier molecular flexibility index (Phi) is 6.42. The van der Waals surface area contributed by atoms with Gasteiger partial charge in [0.2, 0.25) is 0 Å². The van der Waals surface area contributed by atoms with E-state index in [0.29, 0.717) is 27.4 Å². The van der Waals surface area contributed by atoms with Gasteiger partial charge in [-0.1, -0.05) is 41.7 Å². The Hall–Kier alpha value is -0.150. The summed E-state index contributed by atoms with van der Waals surface area (Å²) < 4.78 is 5.60. The van der Waals surface area contributed by atoms with Crippen LogP contribution < -0.4 is 10.1 Å². The maximum Gasteiger partial charge on any atom is 0.156 e. The van der Waals surface area contributed by atoms with Crippen LogP contribution in [0, 0.1) is 0 Å². The summed E-state index contributed by atoms with van der Waals surface area (Å²) in [4.78, 5) is 0. The Morgan fingerprint density at radius 3 is 2.35 bits per heavy atom. The molecule has 0 aliphatic heterocycles. The van der Waals surface area contributed by atoms with Crippen molar-refractivity contribution in [3.8, 4) is 5.75 Å².